The first-order valence-corrected chi connectivity index (χ1v) is 5.82. The molecule has 0 aliphatic heterocycles. The molecule has 1 heterocycles. The fraction of sp³-hybridized carbons (Fsp3) is 0. The molecule has 0 bridgehead atoms. The summed E-state index contributed by atoms with van der Waals surface area (Å²) in [5.74, 6) is -0.544. The Kier molecular flexibility index (Phi) is 4.10. The van der Waals surface area contributed by atoms with Crippen molar-refractivity contribution in [1.29, 1.82) is 0 Å². The summed E-state index contributed by atoms with van der Waals surface area (Å²) < 4.78 is 0. The molecule has 2 aromatic rings. The van der Waals surface area contributed by atoms with E-state index in [2.05, 4.69) is 10.1 Å². The summed E-state index contributed by atoms with van der Waals surface area (Å²) in [6, 6.07) is 11.7. The second-order valence-corrected chi connectivity index (χ2v) is 4.08. The lowest BCUT2D eigenvalue weighted by molar-refractivity contribution is -0.380. The Hall–Kier alpha value is -2.40. The third-order valence-corrected chi connectivity index (χ3v) is 2.51. The van der Waals surface area contributed by atoms with E-state index in [4.69, 9.17) is 22.2 Å². The van der Waals surface area contributed by atoms with Crippen LogP contribution in [0.4, 0.5) is 0 Å². The number of hydrogen-bond acceptors (Lipinski definition) is 3. The van der Waals surface area contributed by atoms with Gasteiger partial charge in [-0.3, -0.25) is 0 Å². The number of nitrogens with two attached hydrogens (primary N) is 1. The number of pyridine rings is 1. The lowest BCUT2D eigenvalue weighted by Gasteiger charge is -1.99. The molecule has 0 radical (unpaired) electrons. The van der Waals surface area contributed by atoms with Gasteiger partial charge in [0.05, 0.1) is 5.56 Å². The summed E-state index contributed by atoms with van der Waals surface area (Å²) in [6.07, 6.45) is 1.69. The van der Waals surface area contributed by atoms with Crippen LogP contribution in [0.15, 0.2) is 53.8 Å². The number of aromatic amines is 1. The molecule has 0 aliphatic rings. The molecule has 5 nitrogen and oxygen atoms in total. The summed E-state index contributed by atoms with van der Waals surface area (Å²) in [4.78, 5) is 19.3. The number of nitrogens with zero attached hydrogens (tertiary/aromatic N) is 1. The first kappa shape index (κ1) is 13.0. The van der Waals surface area contributed by atoms with Crippen LogP contribution in [-0.4, -0.2) is 11.8 Å². The number of H-pyrrole nitrogens is 1. The first-order chi connectivity index (χ1) is 9.16. The molecule has 0 saturated heterocycles. The van der Waals surface area contributed by atoms with E-state index in [1.807, 2.05) is 0 Å². The van der Waals surface area contributed by atoms with Gasteiger partial charge in [0.1, 0.15) is 0 Å². The quantitative estimate of drug-likeness (QED) is 0.400. The average molecular weight is 277 g/mol. The van der Waals surface area contributed by atoms with Crippen LogP contribution in [0.3, 0.4) is 0 Å². The zero-order valence-corrected chi connectivity index (χ0v) is 10.6. The van der Waals surface area contributed by atoms with E-state index in [-0.39, 0.29) is 5.84 Å². The van der Waals surface area contributed by atoms with Crippen LogP contribution in [0.1, 0.15) is 16.1 Å². The maximum absolute atomic E-state index is 11.7. The van der Waals surface area contributed by atoms with E-state index < -0.39 is 5.97 Å². The minimum absolute atomic E-state index is 0.0796. The Morgan fingerprint density at radius 2 is 2.11 bits per heavy atom. The number of oxime groups is 1. The predicted octanol–water partition coefficient (Wildman–Crippen LogP) is 1.63. The molecule has 6 heteroatoms. The van der Waals surface area contributed by atoms with Gasteiger partial charge in [0, 0.05) is 17.2 Å². The van der Waals surface area contributed by atoms with Crippen LogP contribution in [0.5, 0.6) is 0 Å². The zero-order valence-electron chi connectivity index (χ0n) is 9.84. The van der Waals surface area contributed by atoms with Crippen molar-refractivity contribution < 1.29 is 14.6 Å². The fourth-order valence-electron chi connectivity index (χ4n) is 1.36. The monoisotopic (exact) mass is 276 g/mol. The lowest BCUT2D eigenvalue weighted by Crippen LogP contribution is -2.24. The molecule has 1 aromatic heterocycles. The van der Waals surface area contributed by atoms with Gasteiger partial charge in [0.15, 0.2) is 6.20 Å². The number of carbonyl (C=O) groups excluding carboxylic acids is 1. The summed E-state index contributed by atoms with van der Waals surface area (Å²) >= 11 is 5.77. The highest BCUT2D eigenvalue weighted by Gasteiger charge is 2.10. The standard InChI is InChI=1S/C13H10ClN3O2/c14-10-5-3-4-9(8-10)13(18)19-17-12(15)11-6-1-2-7-16-11/h1-8H,(H2,15,17)/p+1. The zero-order chi connectivity index (χ0) is 13.7. The first-order valence-electron chi connectivity index (χ1n) is 5.44. The molecule has 0 atom stereocenters. The number of benzene rings is 1. The van der Waals surface area contributed by atoms with Crippen molar-refractivity contribution >= 4 is 23.4 Å². The molecule has 0 spiro atoms. The highest BCUT2D eigenvalue weighted by Crippen LogP contribution is 2.11. The van der Waals surface area contributed by atoms with Gasteiger partial charge >= 0.3 is 5.97 Å². The van der Waals surface area contributed by atoms with E-state index in [0.29, 0.717) is 16.3 Å². The van der Waals surface area contributed by atoms with E-state index in [1.165, 1.54) is 6.07 Å². The van der Waals surface area contributed by atoms with Crippen molar-refractivity contribution in [3.63, 3.8) is 0 Å². The molecule has 1 aromatic carbocycles. The second kappa shape index (κ2) is 5.97. The number of halogens is 1. The molecule has 0 amide bonds. The third-order valence-electron chi connectivity index (χ3n) is 2.27. The highest BCUT2D eigenvalue weighted by atomic mass is 35.5. The largest absolute Gasteiger partial charge is 0.375 e. The Morgan fingerprint density at radius 3 is 2.79 bits per heavy atom. The van der Waals surface area contributed by atoms with Crippen LogP contribution < -0.4 is 10.7 Å². The Morgan fingerprint density at radius 1 is 1.26 bits per heavy atom. The van der Waals surface area contributed by atoms with Gasteiger partial charge in [-0.05, 0) is 24.3 Å². The number of amidine groups is 1. The van der Waals surface area contributed by atoms with E-state index in [0.717, 1.165) is 0 Å². The van der Waals surface area contributed by atoms with Crippen molar-refractivity contribution in [2.75, 3.05) is 0 Å². The molecule has 3 N–H and O–H groups in total. The molecule has 0 fully saturated rings. The van der Waals surface area contributed by atoms with E-state index >= 15 is 0 Å². The van der Waals surface area contributed by atoms with Crippen LogP contribution in [0.25, 0.3) is 0 Å². The van der Waals surface area contributed by atoms with Crippen LogP contribution in [0, 0.1) is 0 Å². The van der Waals surface area contributed by atoms with Gasteiger partial charge in [0.2, 0.25) is 11.5 Å². The van der Waals surface area contributed by atoms with Crippen molar-refractivity contribution in [2.24, 2.45) is 10.9 Å². The molecule has 19 heavy (non-hydrogen) atoms. The molecule has 0 unspecified atom stereocenters. The number of aromatic nitrogens is 1. The maximum Gasteiger partial charge on any atom is 0.365 e. The third kappa shape index (κ3) is 3.53. The summed E-state index contributed by atoms with van der Waals surface area (Å²) in [7, 11) is 0. The normalized spacial score (nSPS) is 11.1. The van der Waals surface area contributed by atoms with Crippen molar-refractivity contribution in [3.8, 4) is 0 Å². The summed E-state index contributed by atoms with van der Waals surface area (Å²) in [6.45, 7) is 0. The molecule has 96 valence electrons. The van der Waals surface area contributed by atoms with E-state index in [9.17, 15) is 4.79 Å². The van der Waals surface area contributed by atoms with Gasteiger partial charge in [-0.1, -0.05) is 22.8 Å². The molecule has 0 saturated carbocycles. The fourth-order valence-corrected chi connectivity index (χ4v) is 1.55. The highest BCUT2D eigenvalue weighted by molar-refractivity contribution is 6.30. The van der Waals surface area contributed by atoms with E-state index in [1.54, 1.807) is 42.6 Å². The summed E-state index contributed by atoms with van der Waals surface area (Å²) in [5.41, 5.74) is 6.53. The number of nitrogens with one attached hydrogen (secondary N) is 1. The SMILES string of the molecule is NC(=NOC(=O)c1cccc(Cl)c1)c1cccc[nH+]1. The Labute approximate surface area is 114 Å². The Bertz CT molecular complexity index is 614. The van der Waals surface area contributed by atoms with Crippen molar-refractivity contribution in [1.82, 2.24) is 0 Å². The lowest BCUT2D eigenvalue weighted by atomic mass is 10.2. The molecule has 0 aliphatic carbocycles. The van der Waals surface area contributed by atoms with Crippen molar-refractivity contribution in [2.45, 2.75) is 0 Å². The van der Waals surface area contributed by atoms with Gasteiger partial charge in [-0.15, -0.1) is 0 Å². The minimum Gasteiger partial charge on any atom is -0.375 e. The average Bonchev–Trinajstić information content (AvgIpc) is 2.45. The number of carbonyl (C=O) groups is 1. The van der Waals surface area contributed by atoms with Gasteiger partial charge in [-0.25, -0.2) is 9.78 Å². The molecular weight excluding hydrogens is 266 g/mol. The summed E-state index contributed by atoms with van der Waals surface area (Å²) in [5, 5.41) is 4.02. The smallest absolute Gasteiger partial charge is 0.365 e. The Balaban J connectivity index is 2.08. The van der Waals surface area contributed by atoms with Crippen LogP contribution in [-0.2, 0) is 4.84 Å². The van der Waals surface area contributed by atoms with Crippen LogP contribution >= 0.6 is 11.6 Å². The number of rotatable bonds is 3. The van der Waals surface area contributed by atoms with Crippen LogP contribution in [0.2, 0.25) is 5.02 Å². The van der Waals surface area contributed by atoms with Gasteiger partial charge < -0.3 is 10.6 Å². The topological polar surface area (TPSA) is 78.8 Å². The maximum atomic E-state index is 11.7. The predicted molar refractivity (Wildman–Crippen MR) is 70.6 cm³/mol. The van der Waals surface area contributed by atoms with Crippen molar-refractivity contribution in [3.05, 3.63) is 64.9 Å². The molecular formula is C13H11ClN3O2+. The second-order valence-electron chi connectivity index (χ2n) is 3.64. The minimum atomic E-state index is -0.624. The molecule has 2 rings (SSSR count). The van der Waals surface area contributed by atoms with Gasteiger partial charge in [-0.2, -0.15) is 0 Å². The number of hydrogen-bond donors (Lipinski definition) is 1. The van der Waals surface area contributed by atoms with Gasteiger partial charge in [0.25, 0.3) is 0 Å².